The Hall–Kier alpha value is -2.45. The maximum atomic E-state index is 14.4. The second-order valence-electron chi connectivity index (χ2n) is 6.96. The molecule has 2 atom stereocenters. The first-order valence-electron chi connectivity index (χ1n) is 9.23. The third kappa shape index (κ3) is 5.58. The van der Waals surface area contributed by atoms with Crippen LogP contribution < -0.4 is 10.6 Å². The standard InChI is InChI=1S/C19H21F4N5OS/c1-12(29)24-8-3-5-16-18(30-19(21,22)23)28-9-4-6-15(17(28)26-16)25-14-7-10-27(2)11-13(14)20/h4,6,9,13-14,25H,7-8,10-11H2,1-2H3,(H,24,29)/t13-,14+/m0/s1. The van der Waals surface area contributed by atoms with E-state index in [1.54, 1.807) is 12.1 Å². The fraction of sp³-hybridized carbons (Fsp3) is 0.474. The Morgan fingerprint density at radius 2 is 2.20 bits per heavy atom. The Kier molecular flexibility index (Phi) is 6.77. The van der Waals surface area contributed by atoms with Crippen molar-refractivity contribution in [2.24, 2.45) is 0 Å². The number of nitrogens with zero attached hydrogens (tertiary/aromatic N) is 3. The molecule has 1 aliphatic rings. The van der Waals surface area contributed by atoms with E-state index >= 15 is 0 Å². The SMILES string of the molecule is CC(=O)NCC#Cc1nc2c(N[C@@H]3CCN(C)C[C@@H]3F)cccn2c1SC(F)(F)F. The second kappa shape index (κ2) is 9.14. The molecular weight excluding hydrogens is 422 g/mol. The van der Waals surface area contributed by atoms with Gasteiger partial charge in [0.05, 0.1) is 18.3 Å². The molecule has 11 heteroatoms. The van der Waals surface area contributed by atoms with E-state index in [0.29, 0.717) is 18.7 Å². The summed E-state index contributed by atoms with van der Waals surface area (Å²) in [5.74, 6) is 4.91. The number of likely N-dealkylation sites (tertiary alicyclic amines) is 1. The van der Waals surface area contributed by atoms with Crippen LogP contribution in [0.15, 0.2) is 23.4 Å². The van der Waals surface area contributed by atoms with Gasteiger partial charge in [-0.3, -0.25) is 9.20 Å². The summed E-state index contributed by atoms with van der Waals surface area (Å²) >= 11 is -0.314. The van der Waals surface area contributed by atoms with Gasteiger partial charge in [0.1, 0.15) is 16.9 Å². The average Bonchev–Trinajstić information content (AvgIpc) is 2.98. The lowest BCUT2D eigenvalue weighted by Crippen LogP contribution is -2.46. The van der Waals surface area contributed by atoms with E-state index < -0.39 is 17.7 Å². The van der Waals surface area contributed by atoms with Crippen LogP contribution in [0, 0.1) is 11.8 Å². The molecule has 0 unspecified atom stereocenters. The van der Waals surface area contributed by atoms with Crippen LogP contribution in [0.25, 0.3) is 5.65 Å². The number of piperidine rings is 1. The average molecular weight is 443 g/mol. The molecule has 1 aliphatic heterocycles. The summed E-state index contributed by atoms with van der Waals surface area (Å²) in [5.41, 5.74) is -3.92. The van der Waals surface area contributed by atoms with Crippen molar-refractivity contribution in [3.63, 3.8) is 0 Å². The fourth-order valence-corrected chi connectivity index (χ4v) is 3.82. The Bertz CT molecular complexity index is 981. The Labute approximate surface area is 175 Å². The van der Waals surface area contributed by atoms with Gasteiger partial charge in [-0.05, 0) is 31.5 Å². The molecule has 3 rings (SSSR count). The number of alkyl halides is 4. The summed E-state index contributed by atoms with van der Waals surface area (Å²) in [6.07, 6.45) is 0.912. The van der Waals surface area contributed by atoms with Crippen molar-refractivity contribution in [2.45, 2.75) is 36.1 Å². The first-order chi connectivity index (χ1) is 14.1. The predicted octanol–water partition coefficient (Wildman–Crippen LogP) is 2.89. The minimum absolute atomic E-state index is 0.0104. The van der Waals surface area contributed by atoms with Crippen LogP contribution in [0.3, 0.4) is 0 Å². The topological polar surface area (TPSA) is 61.7 Å². The second-order valence-corrected chi connectivity index (χ2v) is 8.01. The van der Waals surface area contributed by atoms with Gasteiger partial charge < -0.3 is 15.5 Å². The van der Waals surface area contributed by atoms with E-state index in [1.807, 2.05) is 11.9 Å². The number of hydrogen-bond acceptors (Lipinski definition) is 5. The third-order valence-electron chi connectivity index (χ3n) is 4.54. The molecule has 6 nitrogen and oxygen atoms in total. The van der Waals surface area contributed by atoms with Crippen LogP contribution in [0.5, 0.6) is 0 Å². The lowest BCUT2D eigenvalue weighted by Gasteiger charge is -2.33. The number of aromatic nitrogens is 2. The zero-order valence-electron chi connectivity index (χ0n) is 16.4. The van der Waals surface area contributed by atoms with Gasteiger partial charge >= 0.3 is 5.51 Å². The summed E-state index contributed by atoms with van der Waals surface area (Å²) in [7, 11) is 1.84. The number of carbonyl (C=O) groups is 1. The van der Waals surface area contributed by atoms with E-state index in [2.05, 4.69) is 27.5 Å². The molecule has 0 aromatic carbocycles. The van der Waals surface area contributed by atoms with Gasteiger partial charge in [-0.1, -0.05) is 5.92 Å². The summed E-state index contributed by atoms with van der Waals surface area (Å²) in [5, 5.41) is 5.37. The fourth-order valence-electron chi connectivity index (χ4n) is 3.16. The third-order valence-corrected chi connectivity index (χ3v) is 5.35. The lowest BCUT2D eigenvalue weighted by atomic mass is 10.0. The van der Waals surface area contributed by atoms with Gasteiger partial charge in [-0.25, -0.2) is 9.37 Å². The zero-order valence-corrected chi connectivity index (χ0v) is 17.2. The van der Waals surface area contributed by atoms with Crippen molar-refractivity contribution in [3.05, 3.63) is 24.0 Å². The van der Waals surface area contributed by atoms with Gasteiger partial charge in [0.15, 0.2) is 5.65 Å². The molecule has 0 bridgehead atoms. The van der Waals surface area contributed by atoms with Crippen molar-refractivity contribution >= 4 is 29.0 Å². The van der Waals surface area contributed by atoms with Crippen molar-refractivity contribution in [2.75, 3.05) is 32.0 Å². The Balaban J connectivity index is 1.96. The molecule has 0 radical (unpaired) electrons. The Morgan fingerprint density at radius 3 is 2.87 bits per heavy atom. The molecule has 2 aromatic heterocycles. The summed E-state index contributed by atoms with van der Waals surface area (Å²) < 4.78 is 55.1. The van der Waals surface area contributed by atoms with Gasteiger partial charge in [-0.2, -0.15) is 13.2 Å². The highest BCUT2D eigenvalue weighted by atomic mass is 32.2. The zero-order chi connectivity index (χ0) is 21.9. The first kappa shape index (κ1) is 22.2. The van der Waals surface area contributed by atoms with Gasteiger partial charge in [-0.15, -0.1) is 0 Å². The quantitative estimate of drug-likeness (QED) is 0.432. The largest absolute Gasteiger partial charge is 0.447 e. The molecule has 1 saturated heterocycles. The molecule has 0 spiro atoms. The summed E-state index contributed by atoms with van der Waals surface area (Å²) in [6, 6.07) is 2.77. The minimum Gasteiger partial charge on any atom is -0.376 e. The number of halogens is 4. The van der Waals surface area contributed by atoms with E-state index in [1.165, 1.54) is 17.5 Å². The number of pyridine rings is 1. The van der Waals surface area contributed by atoms with Crippen LogP contribution in [-0.2, 0) is 4.79 Å². The molecule has 2 aromatic rings. The highest BCUT2D eigenvalue weighted by molar-refractivity contribution is 8.00. The number of nitrogens with one attached hydrogen (secondary N) is 2. The van der Waals surface area contributed by atoms with Crippen LogP contribution in [0.2, 0.25) is 0 Å². The van der Waals surface area contributed by atoms with E-state index in [-0.39, 0.29) is 47.1 Å². The number of anilines is 1. The number of hydrogen-bond donors (Lipinski definition) is 2. The van der Waals surface area contributed by atoms with Crippen molar-refractivity contribution in [1.82, 2.24) is 19.6 Å². The van der Waals surface area contributed by atoms with Crippen LogP contribution in [-0.4, -0.2) is 64.6 Å². The highest BCUT2D eigenvalue weighted by Crippen LogP contribution is 2.39. The summed E-state index contributed by atoms with van der Waals surface area (Å²) in [6.45, 7) is 2.30. The van der Waals surface area contributed by atoms with Crippen molar-refractivity contribution in [1.29, 1.82) is 0 Å². The molecule has 3 heterocycles. The predicted molar refractivity (Wildman–Crippen MR) is 107 cm³/mol. The number of rotatable bonds is 4. The number of imidazole rings is 1. The van der Waals surface area contributed by atoms with Crippen molar-refractivity contribution < 1.29 is 22.4 Å². The highest BCUT2D eigenvalue weighted by Gasteiger charge is 2.33. The number of thioether (sulfide) groups is 1. The molecule has 0 saturated carbocycles. The minimum atomic E-state index is -4.54. The molecule has 2 N–H and O–H groups in total. The maximum Gasteiger partial charge on any atom is 0.447 e. The summed E-state index contributed by atoms with van der Waals surface area (Å²) in [4.78, 5) is 17.1. The lowest BCUT2D eigenvalue weighted by molar-refractivity contribution is -0.118. The smallest absolute Gasteiger partial charge is 0.376 e. The maximum absolute atomic E-state index is 14.4. The van der Waals surface area contributed by atoms with Crippen LogP contribution >= 0.6 is 11.8 Å². The molecule has 30 heavy (non-hydrogen) atoms. The first-order valence-corrected chi connectivity index (χ1v) is 10.0. The van der Waals surface area contributed by atoms with E-state index in [9.17, 15) is 22.4 Å². The van der Waals surface area contributed by atoms with Gasteiger partial charge in [0.25, 0.3) is 0 Å². The number of carbonyl (C=O) groups excluding carboxylic acids is 1. The normalized spacial score (nSPS) is 19.9. The monoisotopic (exact) mass is 443 g/mol. The molecule has 1 amide bonds. The molecule has 1 fully saturated rings. The number of amides is 1. The van der Waals surface area contributed by atoms with Crippen molar-refractivity contribution in [3.8, 4) is 11.8 Å². The van der Waals surface area contributed by atoms with Gasteiger partial charge in [0.2, 0.25) is 5.91 Å². The van der Waals surface area contributed by atoms with E-state index in [0.717, 1.165) is 0 Å². The van der Waals surface area contributed by atoms with Crippen LogP contribution in [0.1, 0.15) is 19.0 Å². The molecule has 162 valence electrons. The molecular formula is C19H21F4N5OS. The Morgan fingerprint density at radius 1 is 1.43 bits per heavy atom. The van der Waals surface area contributed by atoms with Crippen LogP contribution in [0.4, 0.5) is 23.2 Å². The van der Waals surface area contributed by atoms with E-state index in [4.69, 9.17) is 0 Å². The van der Waals surface area contributed by atoms with Gasteiger partial charge in [0, 0.05) is 38.0 Å². The molecule has 0 aliphatic carbocycles. The number of fused-ring (bicyclic) bond motifs is 1.